The lowest BCUT2D eigenvalue weighted by molar-refractivity contribution is 0.237. The van der Waals surface area contributed by atoms with Gasteiger partial charge in [-0.25, -0.2) is 4.57 Å². The molecule has 2 rings (SSSR count). The molecule has 0 unspecified atom stereocenters. The molecule has 0 aliphatic carbocycles. The van der Waals surface area contributed by atoms with Crippen LogP contribution in [0.2, 0.25) is 0 Å². The number of hydrogen-bond donors (Lipinski definition) is 0. The molecule has 1 heterocycles. The van der Waals surface area contributed by atoms with Gasteiger partial charge in [-0.05, 0) is 31.3 Å². The van der Waals surface area contributed by atoms with Gasteiger partial charge in [0.15, 0.2) is 0 Å². The first-order chi connectivity index (χ1) is 9.18. The quantitative estimate of drug-likeness (QED) is 0.684. The molecule has 0 saturated carbocycles. The van der Waals surface area contributed by atoms with Gasteiger partial charge in [-0.15, -0.1) is 0 Å². The summed E-state index contributed by atoms with van der Waals surface area (Å²) >= 11 is 1.20. The highest BCUT2D eigenvalue weighted by Crippen LogP contribution is 2.61. The van der Waals surface area contributed by atoms with Gasteiger partial charge in [0.25, 0.3) is 0 Å². The molecular formula is C13H17O4PS. The van der Waals surface area contributed by atoms with E-state index in [0.29, 0.717) is 19.0 Å². The van der Waals surface area contributed by atoms with Crippen molar-refractivity contribution in [3.63, 3.8) is 0 Å². The van der Waals surface area contributed by atoms with Crippen molar-refractivity contribution in [3.8, 4) is 0 Å². The van der Waals surface area contributed by atoms with Gasteiger partial charge in [-0.1, -0.05) is 18.2 Å². The Hall–Kier alpha value is -0.740. The van der Waals surface area contributed by atoms with Crippen molar-refractivity contribution in [2.45, 2.75) is 19.6 Å². The molecule has 0 atom stereocenters. The van der Waals surface area contributed by atoms with E-state index in [9.17, 15) is 4.57 Å². The summed E-state index contributed by atoms with van der Waals surface area (Å²) in [5, 5.41) is 1.04. The Morgan fingerprint density at radius 2 is 1.89 bits per heavy atom. The van der Waals surface area contributed by atoms with E-state index in [1.807, 2.05) is 24.3 Å². The summed E-state index contributed by atoms with van der Waals surface area (Å²) in [7, 11) is 0. The van der Waals surface area contributed by atoms with Gasteiger partial charge in [0.2, 0.25) is 0 Å². The molecule has 0 radical (unpaired) electrons. The second-order valence-electron chi connectivity index (χ2n) is 3.81. The Labute approximate surface area is 116 Å². The van der Waals surface area contributed by atoms with Crippen LogP contribution in [0.4, 0.5) is 0 Å². The zero-order valence-corrected chi connectivity index (χ0v) is 12.7. The third-order valence-electron chi connectivity index (χ3n) is 2.51. The van der Waals surface area contributed by atoms with Crippen LogP contribution in [0, 0.1) is 0 Å². The van der Waals surface area contributed by atoms with Crippen molar-refractivity contribution < 1.29 is 18.0 Å². The summed E-state index contributed by atoms with van der Waals surface area (Å²) < 4.78 is 28.3. The smallest absolute Gasteiger partial charge is 0.389 e. The summed E-state index contributed by atoms with van der Waals surface area (Å²) in [4.78, 5) is 0. The summed E-state index contributed by atoms with van der Waals surface area (Å²) in [5.41, 5.74) is 1.83. The summed E-state index contributed by atoms with van der Waals surface area (Å²) in [6.45, 7) is 1.29. The average Bonchev–Trinajstić information content (AvgIpc) is 2.80. The minimum atomic E-state index is -3.06. The molecule has 1 aromatic carbocycles. The Bertz CT molecular complexity index is 571. The van der Waals surface area contributed by atoms with Gasteiger partial charge >= 0.3 is 6.80 Å². The largest absolute Gasteiger partial charge is 0.464 e. The molecule has 0 N–H and O–H groups in total. The Kier molecular flexibility index (Phi) is 5.11. The first-order valence-electron chi connectivity index (χ1n) is 6.17. The molecule has 0 spiro atoms. The lowest BCUT2D eigenvalue weighted by Gasteiger charge is -2.15. The van der Waals surface area contributed by atoms with Crippen LogP contribution in [-0.2, 0) is 19.4 Å². The zero-order valence-electron chi connectivity index (χ0n) is 11.0. The fourth-order valence-electron chi connectivity index (χ4n) is 1.72. The van der Waals surface area contributed by atoms with Gasteiger partial charge in [0, 0.05) is 16.7 Å². The van der Waals surface area contributed by atoms with Crippen LogP contribution in [-0.4, -0.2) is 13.2 Å². The van der Waals surface area contributed by atoms with E-state index in [1.165, 1.54) is 11.4 Å². The molecule has 104 valence electrons. The highest BCUT2D eigenvalue weighted by molar-refractivity contribution is 8.54. The van der Waals surface area contributed by atoms with E-state index in [4.69, 9.17) is 13.5 Å². The topological polar surface area (TPSA) is 48.7 Å². The van der Waals surface area contributed by atoms with Crippen molar-refractivity contribution in [2.75, 3.05) is 13.2 Å². The zero-order chi connectivity index (χ0) is 13.7. The average molecular weight is 300 g/mol. The fourth-order valence-corrected chi connectivity index (χ4v) is 5.07. The molecule has 0 fully saturated rings. The van der Waals surface area contributed by atoms with Crippen LogP contribution in [0.15, 0.2) is 34.9 Å². The minimum absolute atomic E-state index is 0.371. The second kappa shape index (κ2) is 6.62. The molecule has 19 heavy (non-hydrogen) atoms. The first-order valence-corrected chi connectivity index (χ1v) is 9.30. The van der Waals surface area contributed by atoms with Crippen LogP contribution in [0.3, 0.4) is 0 Å². The molecule has 6 heteroatoms. The lowest BCUT2D eigenvalue weighted by atomic mass is 10.2. The van der Waals surface area contributed by atoms with Gasteiger partial charge in [0.05, 0.1) is 19.5 Å². The summed E-state index contributed by atoms with van der Waals surface area (Å²) in [6, 6.07) is 7.78. The predicted octanol–water partition coefficient (Wildman–Crippen LogP) is 4.85. The first kappa shape index (κ1) is 14.7. The number of para-hydroxylation sites is 1. The maximum Gasteiger partial charge on any atom is 0.389 e. The monoisotopic (exact) mass is 300 g/mol. The number of hydrogen-bond acceptors (Lipinski definition) is 5. The normalized spacial score (nSPS) is 12.1. The molecule has 2 aromatic rings. The molecule has 0 aliphatic heterocycles. The van der Waals surface area contributed by atoms with Crippen LogP contribution in [0.1, 0.15) is 19.4 Å². The van der Waals surface area contributed by atoms with Crippen LogP contribution >= 0.6 is 18.2 Å². The standard InChI is InChI=1S/C13H17O4PS/c1-3-16-18(14,17-4-2)19-10-11-9-15-13-8-6-5-7-12(11)13/h5-9H,3-4,10H2,1-2H3. The van der Waals surface area contributed by atoms with Crippen molar-refractivity contribution in [3.05, 3.63) is 36.1 Å². The van der Waals surface area contributed by atoms with E-state index < -0.39 is 6.80 Å². The highest BCUT2D eigenvalue weighted by atomic mass is 32.7. The lowest BCUT2D eigenvalue weighted by Crippen LogP contribution is -1.92. The van der Waals surface area contributed by atoms with Crippen molar-refractivity contribution in [1.82, 2.24) is 0 Å². The van der Waals surface area contributed by atoms with E-state index >= 15 is 0 Å². The molecular weight excluding hydrogens is 283 g/mol. The van der Waals surface area contributed by atoms with E-state index in [-0.39, 0.29) is 0 Å². The summed E-state index contributed by atoms with van der Waals surface area (Å²) in [5.74, 6) is 0.536. The van der Waals surface area contributed by atoms with E-state index in [0.717, 1.165) is 16.5 Å². The van der Waals surface area contributed by atoms with E-state index in [1.54, 1.807) is 20.1 Å². The summed E-state index contributed by atoms with van der Waals surface area (Å²) in [6.07, 6.45) is 1.69. The molecule has 1 aromatic heterocycles. The Balaban J connectivity index is 2.10. The van der Waals surface area contributed by atoms with Gasteiger partial charge in [0.1, 0.15) is 5.58 Å². The third kappa shape index (κ3) is 3.63. The van der Waals surface area contributed by atoms with Crippen LogP contribution < -0.4 is 0 Å². The van der Waals surface area contributed by atoms with Gasteiger partial charge in [-0.2, -0.15) is 0 Å². The SMILES string of the molecule is CCOP(=O)(OCC)SCc1coc2ccccc12. The fraction of sp³-hybridized carbons (Fsp3) is 0.385. The Morgan fingerprint density at radius 1 is 1.21 bits per heavy atom. The maximum absolute atomic E-state index is 12.3. The highest BCUT2D eigenvalue weighted by Gasteiger charge is 2.25. The van der Waals surface area contributed by atoms with Crippen molar-refractivity contribution >= 4 is 29.1 Å². The molecule has 0 aliphatic rings. The number of furan rings is 1. The van der Waals surface area contributed by atoms with Gasteiger partial charge < -0.3 is 13.5 Å². The second-order valence-corrected chi connectivity index (χ2v) is 7.89. The van der Waals surface area contributed by atoms with Crippen LogP contribution in [0.25, 0.3) is 11.0 Å². The maximum atomic E-state index is 12.3. The Morgan fingerprint density at radius 3 is 2.58 bits per heavy atom. The molecule has 0 saturated heterocycles. The molecule has 0 bridgehead atoms. The molecule has 0 amide bonds. The van der Waals surface area contributed by atoms with Crippen molar-refractivity contribution in [1.29, 1.82) is 0 Å². The number of fused-ring (bicyclic) bond motifs is 1. The molecule has 4 nitrogen and oxygen atoms in total. The minimum Gasteiger partial charge on any atom is -0.464 e. The van der Waals surface area contributed by atoms with Crippen LogP contribution in [0.5, 0.6) is 0 Å². The third-order valence-corrected chi connectivity index (χ3v) is 6.39. The number of rotatable bonds is 7. The van der Waals surface area contributed by atoms with Gasteiger partial charge in [-0.3, -0.25) is 0 Å². The predicted molar refractivity (Wildman–Crippen MR) is 78.4 cm³/mol. The number of benzene rings is 1. The van der Waals surface area contributed by atoms with E-state index in [2.05, 4.69) is 0 Å². The van der Waals surface area contributed by atoms with Crippen molar-refractivity contribution in [2.24, 2.45) is 0 Å².